The van der Waals surface area contributed by atoms with Gasteiger partial charge in [-0.1, -0.05) is 68.3 Å². The number of amides is 2. The van der Waals surface area contributed by atoms with Crippen molar-refractivity contribution in [2.24, 2.45) is 0 Å². The summed E-state index contributed by atoms with van der Waals surface area (Å²) < 4.78 is 26.4. The Hall–Kier alpha value is -2.58. The number of sulfonamides is 1. The monoisotopic (exact) mass is 507 g/mol. The predicted octanol–water partition coefficient (Wildman–Crippen LogP) is 4.14. The largest absolute Gasteiger partial charge is 0.354 e. The van der Waals surface area contributed by atoms with E-state index >= 15 is 0 Å². The molecule has 186 valence electrons. The molecule has 34 heavy (non-hydrogen) atoms. The van der Waals surface area contributed by atoms with Gasteiger partial charge in [0, 0.05) is 18.1 Å². The first-order valence-electron chi connectivity index (χ1n) is 11.4. The van der Waals surface area contributed by atoms with Crippen molar-refractivity contribution < 1.29 is 18.0 Å². The molecule has 0 saturated heterocycles. The lowest BCUT2D eigenvalue weighted by atomic mass is 10.1. The standard InChI is InChI=1S/C25H34ClN3O4S/c1-5-7-15-27-25(31)22(6-2)28(17-20-11-9-8-10-12-20)24(30)18-29(34(4,32)33)23-16-21(26)14-13-19(23)3/h8-14,16,22H,5-7,15,17-18H2,1-4H3,(H,27,31). The zero-order chi connectivity index (χ0) is 25.3. The zero-order valence-electron chi connectivity index (χ0n) is 20.3. The molecule has 0 heterocycles. The van der Waals surface area contributed by atoms with Crippen LogP contribution in [0, 0.1) is 6.92 Å². The lowest BCUT2D eigenvalue weighted by molar-refractivity contribution is -0.140. The molecule has 1 unspecified atom stereocenters. The number of anilines is 1. The van der Waals surface area contributed by atoms with E-state index in [1.54, 1.807) is 19.1 Å². The van der Waals surface area contributed by atoms with E-state index in [9.17, 15) is 18.0 Å². The quantitative estimate of drug-likeness (QED) is 0.437. The summed E-state index contributed by atoms with van der Waals surface area (Å²) in [4.78, 5) is 28.1. The number of carbonyl (C=O) groups is 2. The first kappa shape index (κ1) is 27.7. The minimum absolute atomic E-state index is 0.186. The van der Waals surface area contributed by atoms with Crippen LogP contribution in [0.1, 0.15) is 44.2 Å². The molecule has 2 aromatic rings. The molecule has 0 radical (unpaired) electrons. The second kappa shape index (κ2) is 12.8. The number of hydrogen-bond donors (Lipinski definition) is 1. The maximum Gasteiger partial charge on any atom is 0.244 e. The molecule has 0 aliphatic rings. The third-order valence-corrected chi connectivity index (χ3v) is 6.89. The van der Waals surface area contributed by atoms with Crippen LogP contribution in [0.25, 0.3) is 0 Å². The summed E-state index contributed by atoms with van der Waals surface area (Å²) in [5, 5.41) is 3.27. The molecule has 0 spiro atoms. The van der Waals surface area contributed by atoms with Crippen LogP contribution in [-0.2, 0) is 26.2 Å². The third-order valence-electron chi connectivity index (χ3n) is 5.53. The van der Waals surface area contributed by atoms with Gasteiger partial charge in [-0.3, -0.25) is 13.9 Å². The van der Waals surface area contributed by atoms with Gasteiger partial charge in [0.1, 0.15) is 12.6 Å². The molecule has 9 heteroatoms. The van der Waals surface area contributed by atoms with Gasteiger partial charge >= 0.3 is 0 Å². The van der Waals surface area contributed by atoms with Gasteiger partial charge in [0.25, 0.3) is 0 Å². The van der Waals surface area contributed by atoms with Crippen LogP contribution in [0.2, 0.25) is 5.02 Å². The summed E-state index contributed by atoms with van der Waals surface area (Å²) in [5.41, 5.74) is 1.85. The Bertz CT molecular complexity index is 1080. The number of rotatable bonds is 12. The number of benzene rings is 2. The normalized spacial score (nSPS) is 12.1. The number of nitrogens with one attached hydrogen (secondary N) is 1. The maximum atomic E-state index is 13.6. The Balaban J connectivity index is 2.41. The molecule has 1 atom stereocenters. The lowest BCUT2D eigenvalue weighted by Crippen LogP contribution is -2.52. The summed E-state index contributed by atoms with van der Waals surface area (Å²) in [7, 11) is -3.80. The molecule has 2 amide bonds. The van der Waals surface area contributed by atoms with Crippen LogP contribution in [0.5, 0.6) is 0 Å². The van der Waals surface area contributed by atoms with Crippen LogP contribution < -0.4 is 9.62 Å². The van der Waals surface area contributed by atoms with E-state index in [0.717, 1.165) is 29.0 Å². The van der Waals surface area contributed by atoms with Crippen molar-refractivity contribution in [3.63, 3.8) is 0 Å². The van der Waals surface area contributed by atoms with Crippen molar-refractivity contribution in [3.8, 4) is 0 Å². The SMILES string of the molecule is CCCCNC(=O)C(CC)N(Cc1ccccc1)C(=O)CN(c1cc(Cl)ccc1C)S(C)(=O)=O. The number of halogens is 1. The third kappa shape index (κ3) is 7.74. The van der Waals surface area contributed by atoms with E-state index in [-0.39, 0.29) is 12.5 Å². The molecule has 0 saturated carbocycles. The summed E-state index contributed by atoms with van der Waals surface area (Å²) in [6.45, 7) is 5.90. The van der Waals surface area contributed by atoms with E-state index in [1.165, 1.54) is 11.0 Å². The summed E-state index contributed by atoms with van der Waals surface area (Å²) in [5.74, 6) is -0.712. The summed E-state index contributed by atoms with van der Waals surface area (Å²) in [6, 6.07) is 13.5. The average molecular weight is 508 g/mol. The minimum Gasteiger partial charge on any atom is -0.354 e. The summed E-state index contributed by atoms with van der Waals surface area (Å²) in [6.07, 6.45) is 3.22. The van der Waals surface area contributed by atoms with Crippen LogP contribution >= 0.6 is 11.6 Å². The van der Waals surface area contributed by atoms with Crippen LogP contribution in [0.3, 0.4) is 0 Å². The molecule has 1 N–H and O–H groups in total. The second-order valence-corrected chi connectivity index (χ2v) is 10.6. The lowest BCUT2D eigenvalue weighted by Gasteiger charge is -2.33. The highest BCUT2D eigenvalue weighted by molar-refractivity contribution is 7.92. The van der Waals surface area contributed by atoms with Gasteiger partial charge in [0.05, 0.1) is 11.9 Å². The molecule has 0 bridgehead atoms. The van der Waals surface area contributed by atoms with Crippen molar-refractivity contribution >= 4 is 39.1 Å². The Morgan fingerprint density at radius 1 is 1.09 bits per heavy atom. The van der Waals surface area contributed by atoms with Crippen molar-refractivity contribution in [2.75, 3.05) is 23.7 Å². The molecule has 0 fully saturated rings. The van der Waals surface area contributed by atoms with Crippen molar-refractivity contribution in [3.05, 3.63) is 64.7 Å². The molecule has 0 aliphatic heterocycles. The first-order valence-corrected chi connectivity index (χ1v) is 13.7. The molecule has 7 nitrogen and oxygen atoms in total. The molecule has 2 rings (SSSR count). The number of aryl methyl sites for hydroxylation is 1. The minimum atomic E-state index is -3.80. The number of unbranched alkanes of at least 4 members (excludes halogenated alkanes) is 1. The highest BCUT2D eigenvalue weighted by Crippen LogP contribution is 2.27. The Morgan fingerprint density at radius 3 is 2.35 bits per heavy atom. The Labute approximate surface area is 208 Å². The van der Waals surface area contributed by atoms with Gasteiger partial charge in [-0.25, -0.2) is 8.42 Å². The highest BCUT2D eigenvalue weighted by atomic mass is 35.5. The van der Waals surface area contributed by atoms with Crippen LogP contribution in [-0.4, -0.2) is 50.5 Å². The highest BCUT2D eigenvalue weighted by Gasteiger charge is 2.32. The van der Waals surface area contributed by atoms with Gasteiger partial charge in [-0.05, 0) is 43.0 Å². The zero-order valence-corrected chi connectivity index (χ0v) is 21.8. The van der Waals surface area contributed by atoms with E-state index in [4.69, 9.17) is 11.6 Å². The van der Waals surface area contributed by atoms with E-state index in [0.29, 0.717) is 29.2 Å². The fourth-order valence-electron chi connectivity index (χ4n) is 3.65. The molecular weight excluding hydrogens is 474 g/mol. The smallest absolute Gasteiger partial charge is 0.244 e. The van der Waals surface area contributed by atoms with Crippen molar-refractivity contribution in [1.82, 2.24) is 10.2 Å². The van der Waals surface area contributed by atoms with Gasteiger partial charge in [-0.2, -0.15) is 0 Å². The number of nitrogens with zero attached hydrogens (tertiary/aromatic N) is 2. The molecule has 0 aromatic heterocycles. The summed E-state index contributed by atoms with van der Waals surface area (Å²) >= 11 is 6.12. The second-order valence-electron chi connectivity index (χ2n) is 8.28. The van der Waals surface area contributed by atoms with Crippen molar-refractivity contribution in [1.29, 1.82) is 0 Å². The van der Waals surface area contributed by atoms with Crippen molar-refractivity contribution in [2.45, 2.75) is 52.6 Å². The van der Waals surface area contributed by atoms with Gasteiger partial charge in [-0.15, -0.1) is 0 Å². The van der Waals surface area contributed by atoms with E-state index in [1.807, 2.05) is 44.2 Å². The fraction of sp³-hybridized carbons (Fsp3) is 0.440. The number of hydrogen-bond acceptors (Lipinski definition) is 4. The topological polar surface area (TPSA) is 86.8 Å². The fourth-order valence-corrected chi connectivity index (χ4v) is 4.72. The molecule has 2 aromatic carbocycles. The van der Waals surface area contributed by atoms with E-state index in [2.05, 4.69) is 5.32 Å². The average Bonchev–Trinajstić information content (AvgIpc) is 2.79. The number of carbonyl (C=O) groups excluding carboxylic acids is 2. The van der Waals surface area contributed by atoms with E-state index < -0.39 is 28.5 Å². The van der Waals surface area contributed by atoms with Gasteiger partial charge in [0.2, 0.25) is 21.8 Å². The predicted molar refractivity (Wildman–Crippen MR) is 137 cm³/mol. The Kier molecular flexibility index (Phi) is 10.4. The van der Waals surface area contributed by atoms with Crippen LogP contribution in [0.15, 0.2) is 48.5 Å². The molecule has 0 aliphatic carbocycles. The maximum absolute atomic E-state index is 13.6. The molecular formula is C25H34ClN3O4S. The first-order chi connectivity index (χ1) is 16.1. The van der Waals surface area contributed by atoms with Crippen LogP contribution in [0.4, 0.5) is 5.69 Å². The van der Waals surface area contributed by atoms with Gasteiger partial charge in [0.15, 0.2) is 0 Å². The Morgan fingerprint density at radius 2 is 1.76 bits per heavy atom. The van der Waals surface area contributed by atoms with Gasteiger partial charge < -0.3 is 10.2 Å².